The first-order valence-corrected chi connectivity index (χ1v) is 5.90. The maximum atomic E-state index is 10.7. The minimum Gasteiger partial charge on any atom is -0.487 e. The van der Waals surface area contributed by atoms with Crippen LogP contribution in [0.15, 0.2) is 36.4 Å². The minimum absolute atomic E-state index is 0.00376. The van der Waals surface area contributed by atoms with E-state index in [2.05, 4.69) is 10.4 Å². The molecule has 0 atom stereocenters. The first-order chi connectivity index (χ1) is 9.60. The molecule has 104 valence electrons. The number of nitro benzene ring substituents is 1. The topological polar surface area (TPSA) is 103 Å². The van der Waals surface area contributed by atoms with Crippen molar-refractivity contribution in [2.75, 3.05) is 5.43 Å². The van der Waals surface area contributed by atoms with E-state index < -0.39 is 4.92 Å². The second kappa shape index (κ2) is 5.98. The Labute approximate surface area is 115 Å². The SMILES string of the molecule is Cc1ccc([N+](=O)[O-])cc1OCc1cccc(NN)n1. The van der Waals surface area contributed by atoms with Gasteiger partial charge in [-0.05, 0) is 30.7 Å². The number of nitro groups is 1. The van der Waals surface area contributed by atoms with Gasteiger partial charge in [0.15, 0.2) is 0 Å². The fourth-order valence-electron chi connectivity index (χ4n) is 1.65. The highest BCUT2D eigenvalue weighted by atomic mass is 16.6. The molecule has 2 aromatic rings. The second-order valence-corrected chi connectivity index (χ2v) is 4.15. The van der Waals surface area contributed by atoms with Crippen LogP contribution in [-0.4, -0.2) is 9.91 Å². The summed E-state index contributed by atoms with van der Waals surface area (Å²) in [6.45, 7) is 2.03. The molecular formula is C13H14N4O3. The van der Waals surface area contributed by atoms with Gasteiger partial charge in [-0.25, -0.2) is 10.8 Å². The van der Waals surface area contributed by atoms with Gasteiger partial charge in [-0.2, -0.15) is 0 Å². The zero-order valence-electron chi connectivity index (χ0n) is 10.9. The molecule has 0 aliphatic carbocycles. The molecule has 0 saturated heterocycles. The number of non-ortho nitro benzene ring substituents is 1. The molecule has 20 heavy (non-hydrogen) atoms. The van der Waals surface area contributed by atoms with Crippen LogP contribution in [0, 0.1) is 17.0 Å². The molecule has 0 spiro atoms. The molecule has 0 unspecified atom stereocenters. The van der Waals surface area contributed by atoms with E-state index in [1.807, 2.05) is 6.92 Å². The Balaban J connectivity index is 2.13. The van der Waals surface area contributed by atoms with Crippen molar-refractivity contribution < 1.29 is 9.66 Å². The van der Waals surface area contributed by atoms with E-state index in [-0.39, 0.29) is 12.3 Å². The molecule has 0 bridgehead atoms. The zero-order valence-corrected chi connectivity index (χ0v) is 10.9. The maximum Gasteiger partial charge on any atom is 0.273 e. The lowest BCUT2D eigenvalue weighted by Crippen LogP contribution is -2.10. The van der Waals surface area contributed by atoms with Gasteiger partial charge >= 0.3 is 0 Å². The molecule has 0 aliphatic heterocycles. The third kappa shape index (κ3) is 3.21. The van der Waals surface area contributed by atoms with Crippen molar-refractivity contribution in [1.82, 2.24) is 4.98 Å². The Morgan fingerprint density at radius 2 is 2.20 bits per heavy atom. The number of hydrogen-bond acceptors (Lipinski definition) is 6. The molecule has 7 nitrogen and oxygen atoms in total. The van der Waals surface area contributed by atoms with Gasteiger partial charge in [0.2, 0.25) is 0 Å². The molecule has 0 fully saturated rings. The fourth-order valence-corrected chi connectivity index (χ4v) is 1.65. The maximum absolute atomic E-state index is 10.7. The molecule has 0 radical (unpaired) electrons. The number of hydrazine groups is 1. The van der Waals surface area contributed by atoms with Crippen LogP contribution in [0.5, 0.6) is 5.75 Å². The van der Waals surface area contributed by atoms with Crippen LogP contribution in [0.3, 0.4) is 0 Å². The lowest BCUT2D eigenvalue weighted by molar-refractivity contribution is -0.385. The van der Waals surface area contributed by atoms with Gasteiger partial charge in [0.25, 0.3) is 5.69 Å². The predicted molar refractivity (Wildman–Crippen MR) is 74.2 cm³/mol. The average Bonchev–Trinajstić information content (AvgIpc) is 2.46. The largest absolute Gasteiger partial charge is 0.487 e. The highest BCUT2D eigenvalue weighted by Crippen LogP contribution is 2.24. The molecule has 7 heteroatoms. The fraction of sp³-hybridized carbons (Fsp3) is 0.154. The van der Waals surface area contributed by atoms with Gasteiger partial charge < -0.3 is 10.2 Å². The summed E-state index contributed by atoms with van der Waals surface area (Å²) in [5.74, 6) is 6.27. The number of nitrogens with two attached hydrogens (primary N) is 1. The summed E-state index contributed by atoms with van der Waals surface area (Å²) in [7, 11) is 0. The number of pyridine rings is 1. The Hall–Kier alpha value is -2.67. The van der Waals surface area contributed by atoms with Crippen LogP contribution < -0.4 is 16.0 Å². The van der Waals surface area contributed by atoms with E-state index in [0.29, 0.717) is 17.3 Å². The van der Waals surface area contributed by atoms with E-state index in [4.69, 9.17) is 10.6 Å². The summed E-state index contributed by atoms with van der Waals surface area (Å²) < 4.78 is 5.58. The number of nitrogens with zero attached hydrogens (tertiary/aromatic N) is 2. The number of rotatable bonds is 5. The zero-order chi connectivity index (χ0) is 14.5. The summed E-state index contributed by atoms with van der Waals surface area (Å²) in [6, 6.07) is 9.80. The van der Waals surface area contributed by atoms with E-state index in [1.165, 1.54) is 12.1 Å². The quantitative estimate of drug-likeness (QED) is 0.492. The van der Waals surface area contributed by atoms with Gasteiger partial charge in [-0.1, -0.05) is 6.07 Å². The summed E-state index contributed by atoms with van der Waals surface area (Å²) in [4.78, 5) is 14.5. The Bertz CT molecular complexity index is 631. The summed E-state index contributed by atoms with van der Waals surface area (Å²) in [5, 5.41) is 10.7. The average molecular weight is 274 g/mol. The molecule has 1 aromatic heterocycles. The van der Waals surface area contributed by atoms with Gasteiger partial charge in [-0.15, -0.1) is 0 Å². The minimum atomic E-state index is -0.455. The Kier molecular flexibility index (Phi) is 4.11. The molecule has 3 N–H and O–H groups in total. The number of nitrogen functional groups attached to an aromatic ring is 1. The lowest BCUT2D eigenvalue weighted by Gasteiger charge is -2.09. The van der Waals surface area contributed by atoms with E-state index >= 15 is 0 Å². The van der Waals surface area contributed by atoms with Gasteiger partial charge in [-0.3, -0.25) is 10.1 Å². The van der Waals surface area contributed by atoms with Gasteiger partial charge in [0.05, 0.1) is 16.7 Å². The number of anilines is 1. The number of nitrogens with one attached hydrogen (secondary N) is 1. The standard InChI is InChI=1S/C13H14N4O3/c1-9-5-6-11(17(18)19)7-12(9)20-8-10-3-2-4-13(15-10)16-14/h2-7H,8,14H2,1H3,(H,15,16). The first kappa shape index (κ1) is 13.8. The van der Waals surface area contributed by atoms with Crippen LogP contribution in [-0.2, 0) is 6.61 Å². The molecule has 0 saturated carbocycles. The van der Waals surface area contributed by atoms with Gasteiger partial charge in [0.1, 0.15) is 18.2 Å². The van der Waals surface area contributed by atoms with Crippen molar-refractivity contribution in [1.29, 1.82) is 0 Å². The summed E-state index contributed by atoms with van der Waals surface area (Å²) >= 11 is 0. The predicted octanol–water partition coefficient (Wildman–Crippen LogP) is 2.16. The molecule has 0 amide bonds. The number of aryl methyl sites for hydroxylation is 1. The van der Waals surface area contributed by atoms with Gasteiger partial charge in [0, 0.05) is 6.07 Å². The van der Waals surface area contributed by atoms with Crippen molar-refractivity contribution in [2.24, 2.45) is 5.84 Å². The number of benzene rings is 1. The lowest BCUT2D eigenvalue weighted by atomic mass is 10.2. The summed E-state index contributed by atoms with van der Waals surface area (Å²) in [5.41, 5.74) is 3.94. The number of ether oxygens (including phenoxy) is 1. The molecule has 1 heterocycles. The van der Waals surface area contributed by atoms with Crippen molar-refractivity contribution in [3.05, 3.63) is 57.8 Å². The van der Waals surface area contributed by atoms with Crippen LogP contribution in [0.2, 0.25) is 0 Å². The highest BCUT2D eigenvalue weighted by Gasteiger charge is 2.10. The van der Waals surface area contributed by atoms with Crippen molar-refractivity contribution >= 4 is 11.5 Å². The third-order valence-electron chi connectivity index (χ3n) is 2.71. The van der Waals surface area contributed by atoms with E-state index in [9.17, 15) is 10.1 Å². The third-order valence-corrected chi connectivity index (χ3v) is 2.71. The van der Waals surface area contributed by atoms with E-state index in [1.54, 1.807) is 24.3 Å². The highest BCUT2D eigenvalue weighted by molar-refractivity contribution is 5.43. The van der Waals surface area contributed by atoms with Crippen molar-refractivity contribution in [2.45, 2.75) is 13.5 Å². The smallest absolute Gasteiger partial charge is 0.273 e. The van der Waals surface area contributed by atoms with Crippen LogP contribution in [0.1, 0.15) is 11.3 Å². The molecular weight excluding hydrogens is 260 g/mol. The Morgan fingerprint density at radius 1 is 1.40 bits per heavy atom. The van der Waals surface area contributed by atoms with Crippen molar-refractivity contribution in [3.8, 4) is 5.75 Å². The summed E-state index contributed by atoms with van der Waals surface area (Å²) in [6.07, 6.45) is 0. The second-order valence-electron chi connectivity index (χ2n) is 4.15. The number of hydrogen-bond donors (Lipinski definition) is 2. The van der Waals surface area contributed by atoms with Crippen LogP contribution >= 0.6 is 0 Å². The first-order valence-electron chi connectivity index (χ1n) is 5.90. The number of aromatic nitrogens is 1. The molecule has 0 aliphatic rings. The Morgan fingerprint density at radius 3 is 2.90 bits per heavy atom. The van der Waals surface area contributed by atoms with Crippen LogP contribution in [0.25, 0.3) is 0 Å². The normalized spacial score (nSPS) is 10.1. The molecule has 2 rings (SSSR count). The van der Waals surface area contributed by atoms with Crippen molar-refractivity contribution in [3.63, 3.8) is 0 Å². The van der Waals surface area contributed by atoms with Crippen LogP contribution in [0.4, 0.5) is 11.5 Å². The molecule has 1 aromatic carbocycles. The monoisotopic (exact) mass is 274 g/mol. The van der Waals surface area contributed by atoms with E-state index in [0.717, 1.165) is 5.56 Å².